The van der Waals surface area contributed by atoms with Crippen LogP contribution in [0, 0.1) is 0 Å². The standard InChI is InChI=1S/C17H20N2O3S/c1-2-21-16(20)13-6-3-7-14(12-13)19-17(23)18-10-4-8-15-9-5-11-22-15/h3,5-7,9,11-12H,2,4,8,10H2,1H3,(H2,18,19,23). The van der Waals surface area contributed by atoms with Gasteiger partial charge in [0.2, 0.25) is 0 Å². The summed E-state index contributed by atoms with van der Waals surface area (Å²) in [6, 6.07) is 10.9. The van der Waals surface area contributed by atoms with E-state index in [0.717, 1.165) is 30.8 Å². The Labute approximate surface area is 141 Å². The fourth-order valence-corrected chi connectivity index (χ4v) is 2.25. The van der Waals surface area contributed by atoms with Crippen LogP contribution in [0.15, 0.2) is 47.1 Å². The summed E-state index contributed by atoms with van der Waals surface area (Å²) in [4.78, 5) is 11.7. The number of carbonyl (C=O) groups is 1. The Morgan fingerprint density at radius 2 is 2.17 bits per heavy atom. The Hall–Kier alpha value is -2.34. The lowest BCUT2D eigenvalue weighted by Crippen LogP contribution is -2.29. The minimum atomic E-state index is -0.339. The molecule has 0 aliphatic heterocycles. The Kier molecular flexibility index (Phi) is 6.62. The first-order valence-corrected chi connectivity index (χ1v) is 7.94. The fraction of sp³-hybridized carbons (Fsp3) is 0.294. The van der Waals surface area contributed by atoms with E-state index in [1.807, 2.05) is 18.2 Å². The second-order valence-corrected chi connectivity index (χ2v) is 5.27. The summed E-state index contributed by atoms with van der Waals surface area (Å²) < 4.78 is 10.3. The van der Waals surface area contributed by atoms with E-state index in [9.17, 15) is 4.79 Å². The van der Waals surface area contributed by atoms with Crippen molar-refractivity contribution in [3.8, 4) is 0 Å². The van der Waals surface area contributed by atoms with Gasteiger partial charge in [0, 0.05) is 18.7 Å². The molecule has 23 heavy (non-hydrogen) atoms. The van der Waals surface area contributed by atoms with Gasteiger partial charge in [-0.2, -0.15) is 0 Å². The van der Waals surface area contributed by atoms with Crippen molar-refractivity contribution in [1.29, 1.82) is 0 Å². The second kappa shape index (κ2) is 8.95. The van der Waals surface area contributed by atoms with Crippen LogP contribution in [0.25, 0.3) is 0 Å². The van der Waals surface area contributed by atoms with Crippen LogP contribution in [0.1, 0.15) is 29.5 Å². The van der Waals surface area contributed by atoms with Crippen LogP contribution in [0.2, 0.25) is 0 Å². The van der Waals surface area contributed by atoms with Crippen LogP contribution in [0.3, 0.4) is 0 Å². The van der Waals surface area contributed by atoms with Crippen LogP contribution in [0.4, 0.5) is 5.69 Å². The molecular weight excluding hydrogens is 312 g/mol. The monoisotopic (exact) mass is 332 g/mol. The molecule has 0 radical (unpaired) electrons. The Balaban J connectivity index is 1.76. The third kappa shape index (κ3) is 5.75. The molecule has 122 valence electrons. The SMILES string of the molecule is CCOC(=O)c1cccc(NC(=S)NCCCc2ccco2)c1. The minimum Gasteiger partial charge on any atom is -0.469 e. The highest BCUT2D eigenvalue weighted by atomic mass is 32.1. The molecule has 2 N–H and O–H groups in total. The number of benzene rings is 1. The average Bonchev–Trinajstić information content (AvgIpc) is 3.05. The van der Waals surface area contributed by atoms with E-state index in [1.165, 1.54) is 0 Å². The molecule has 0 bridgehead atoms. The van der Waals surface area contributed by atoms with E-state index in [4.69, 9.17) is 21.4 Å². The number of ether oxygens (including phenoxy) is 1. The lowest BCUT2D eigenvalue weighted by atomic mass is 10.2. The number of esters is 1. The molecule has 5 nitrogen and oxygen atoms in total. The summed E-state index contributed by atoms with van der Waals surface area (Å²) in [7, 11) is 0. The number of hydrogen-bond donors (Lipinski definition) is 2. The molecule has 0 spiro atoms. The van der Waals surface area contributed by atoms with Gasteiger partial charge in [0.25, 0.3) is 0 Å². The maximum absolute atomic E-state index is 11.7. The van der Waals surface area contributed by atoms with Crippen molar-refractivity contribution in [3.63, 3.8) is 0 Å². The number of nitrogens with one attached hydrogen (secondary N) is 2. The first-order valence-electron chi connectivity index (χ1n) is 7.53. The van der Waals surface area contributed by atoms with Gasteiger partial charge in [-0.25, -0.2) is 4.79 Å². The summed E-state index contributed by atoms with van der Waals surface area (Å²) in [6.07, 6.45) is 3.45. The predicted octanol–water partition coefficient (Wildman–Crippen LogP) is 3.38. The van der Waals surface area contributed by atoms with Crippen molar-refractivity contribution in [2.24, 2.45) is 0 Å². The Bertz CT molecular complexity index is 641. The topological polar surface area (TPSA) is 63.5 Å². The molecule has 0 amide bonds. The van der Waals surface area contributed by atoms with E-state index in [-0.39, 0.29) is 5.97 Å². The van der Waals surface area contributed by atoms with E-state index < -0.39 is 0 Å². The molecule has 1 aromatic heterocycles. The van der Waals surface area contributed by atoms with Gasteiger partial charge < -0.3 is 19.8 Å². The molecule has 0 saturated carbocycles. The van der Waals surface area contributed by atoms with Crippen LogP contribution in [0.5, 0.6) is 0 Å². The molecule has 0 aliphatic rings. The number of anilines is 1. The number of rotatable bonds is 7. The quantitative estimate of drug-likeness (QED) is 0.460. The molecule has 1 aromatic carbocycles. The first kappa shape index (κ1) is 17.0. The van der Waals surface area contributed by atoms with Crippen molar-refractivity contribution >= 4 is 29.0 Å². The van der Waals surface area contributed by atoms with Gasteiger partial charge in [-0.1, -0.05) is 6.07 Å². The zero-order valence-electron chi connectivity index (χ0n) is 13.0. The lowest BCUT2D eigenvalue weighted by Gasteiger charge is -2.11. The molecule has 1 heterocycles. The van der Waals surface area contributed by atoms with Crippen LogP contribution in [-0.4, -0.2) is 24.2 Å². The second-order valence-electron chi connectivity index (χ2n) is 4.87. The van der Waals surface area contributed by atoms with Gasteiger partial charge in [0.1, 0.15) is 5.76 Å². The molecule has 0 unspecified atom stereocenters. The van der Waals surface area contributed by atoms with E-state index in [1.54, 1.807) is 31.4 Å². The molecule has 2 aromatic rings. The highest BCUT2D eigenvalue weighted by Gasteiger charge is 2.07. The number of furan rings is 1. The van der Waals surface area contributed by atoms with Crippen molar-refractivity contribution in [2.75, 3.05) is 18.5 Å². The van der Waals surface area contributed by atoms with Crippen LogP contribution >= 0.6 is 12.2 Å². The normalized spacial score (nSPS) is 10.1. The third-order valence-corrected chi connectivity index (χ3v) is 3.34. The molecule has 6 heteroatoms. The number of hydrogen-bond acceptors (Lipinski definition) is 4. The summed E-state index contributed by atoms with van der Waals surface area (Å²) in [5, 5.41) is 6.71. The van der Waals surface area contributed by atoms with Gasteiger partial charge >= 0.3 is 5.97 Å². The molecule has 2 rings (SSSR count). The van der Waals surface area contributed by atoms with Crippen molar-refractivity contribution < 1.29 is 13.9 Å². The van der Waals surface area contributed by atoms with Gasteiger partial charge in [-0.05, 0) is 55.9 Å². The predicted molar refractivity (Wildman–Crippen MR) is 93.7 cm³/mol. The highest BCUT2D eigenvalue weighted by molar-refractivity contribution is 7.80. The third-order valence-electron chi connectivity index (χ3n) is 3.10. The molecule has 0 saturated heterocycles. The van der Waals surface area contributed by atoms with Crippen LogP contribution < -0.4 is 10.6 Å². The lowest BCUT2D eigenvalue weighted by molar-refractivity contribution is 0.0526. The minimum absolute atomic E-state index is 0.339. The average molecular weight is 332 g/mol. The first-order chi connectivity index (χ1) is 11.2. The Morgan fingerprint density at radius 1 is 1.30 bits per heavy atom. The summed E-state index contributed by atoms with van der Waals surface area (Å²) in [5.74, 6) is 0.626. The van der Waals surface area contributed by atoms with E-state index in [2.05, 4.69) is 10.6 Å². The van der Waals surface area contributed by atoms with Gasteiger partial charge in [-0.3, -0.25) is 0 Å². The zero-order valence-corrected chi connectivity index (χ0v) is 13.8. The van der Waals surface area contributed by atoms with Crippen molar-refractivity contribution in [3.05, 3.63) is 54.0 Å². The Morgan fingerprint density at radius 3 is 2.91 bits per heavy atom. The molecule has 0 fully saturated rings. The summed E-state index contributed by atoms with van der Waals surface area (Å²) in [6.45, 7) is 2.87. The maximum atomic E-state index is 11.7. The van der Waals surface area contributed by atoms with Gasteiger partial charge in [0.15, 0.2) is 5.11 Å². The highest BCUT2D eigenvalue weighted by Crippen LogP contribution is 2.11. The summed E-state index contributed by atoms with van der Waals surface area (Å²) >= 11 is 5.25. The number of carbonyl (C=O) groups excluding carboxylic acids is 1. The smallest absolute Gasteiger partial charge is 0.338 e. The van der Waals surface area contributed by atoms with Crippen molar-refractivity contribution in [1.82, 2.24) is 5.32 Å². The molecule has 0 atom stereocenters. The van der Waals surface area contributed by atoms with Gasteiger partial charge in [-0.15, -0.1) is 0 Å². The summed E-state index contributed by atoms with van der Waals surface area (Å²) in [5.41, 5.74) is 1.25. The van der Waals surface area contributed by atoms with Gasteiger partial charge in [0.05, 0.1) is 18.4 Å². The molecular formula is C17H20N2O3S. The van der Waals surface area contributed by atoms with E-state index >= 15 is 0 Å². The van der Waals surface area contributed by atoms with Crippen molar-refractivity contribution in [2.45, 2.75) is 19.8 Å². The van der Waals surface area contributed by atoms with E-state index in [0.29, 0.717) is 17.3 Å². The maximum Gasteiger partial charge on any atom is 0.338 e. The number of aryl methyl sites for hydroxylation is 1. The number of thiocarbonyl (C=S) groups is 1. The fourth-order valence-electron chi connectivity index (χ4n) is 2.03. The molecule has 0 aliphatic carbocycles. The zero-order chi connectivity index (χ0) is 16.5. The largest absolute Gasteiger partial charge is 0.469 e. The van der Waals surface area contributed by atoms with Crippen LogP contribution in [-0.2, 0) is 11.2 Å².